The second-order valence-electron chi connectivity index (χ2n) is 19.7. The molecule has 0 atom stereocenters. The van der Waals surface area contributed by atoms with Crippen LogP contribution in [0.1, 0.15) is 26.3 Å². The lowest BCUT2D eigenvalue weighted by atomic mass is 9.88. The molecule has 6 heteroatoms. The maximum Gasteiger partial charge on any atom is 0.182 e. The van der Waals surface area contributed by atoms with Crippen LogP contribution in [0.4, 0.5) is 22.7 Å². The zero-order chi connectivity index (χ0) is 47.1. The maximum absolute atomic E-state index is 7.15. The molecule has 0 radical (unpaired) electrons. The number of hydrogen-bond acceptors (Lipinski definition) is 4. The lowest BCUT2D eigenvalue weighted by molar-refractivity contribution is 0.484. The van der Waals surface area contributed by atoms with E-state index < -0.39 is 8.07 Å². The molecule has 2 aliphatic heterocycles. The topological polar surface area (TPSA) is 42.3 Å². The minimum Gasteiger partial charge on any atom is -0.457 e. The summed E-state index contributed by atoms with van der Waals surface area (Å²) in [5.74, 6) is 2.46. The Bertz CT molecular complexity index is 3750. The van der Waals surface area contributed by atoms with Gasteiger partial charge in [-0.1, -0.05) is 178 Å². The number of nitrogens with one attached hydrogen (secondary N) is 1. The molecule has 2 aromatic heterocycles. The zero-order valence-electron chi connectivity index (χ0n) is 39.6. The summed E-state index contributed by atoms with van der Waals surface area (Å²) in [6, 6.07) is 79.0. The van der Waals surface area contributed by atoms with Crippen LogP contribution in [0.25, 0.3) is 61.0 Å². The summed E-state index contributed by atoms with van der Waals surface area (Å²) in [7, 11) is -0.596. The summed E-state index contributed by atoms with van der Waals surface area (Å²) in [4.78, 5) is 7.39. The van der Waals surface area contributed by atoms with Gasteiger partial charge in [0.05, 0.1) is 28.1 Å². The van der Waals surface area contributed by atoms with Gasteiger partial charge in [0.1, 0.15) is 17.3 Å². The third-order valence-corrected chi connectivity index (χ3v) is 19.5. The Kier molecular flexibility index (Phi) is 9.58. The average molecular weight is 919 g/mol. The van der Waals surface area contributed by atoms with Crippen LogP contribution < -0.4 is 35.7 Å². The largest absolute Gasteiger partial charge is 0.457 e. The van der Waals surface area contributed by atoms with Crippen molar-refractivity contribution >= 4 is 73.4 Å². The predicted molar refractivity (Wildman–Crippen MR) is 295 cm³/mol. The molecular weight excluding hydrogens is 869 g/mol. The van der Waals surface area contributed by atoms with Crippen LogP contribution in [-0.2, 0) is 5.41 Å². The van der Waals surface area contributed by atoms with Crippen molar-refractivity contribution in [1.29, 1.82) is 0 Å². The van der Waals surface area contributed by atoms with Gasteiger partial charge in [-0.2, -0.15) is 0 Å². The minimum absolute atomic E-state index is 0.0426. The molecule has 0 bridgehead atoms. The molecular formula is C64H50N4OSi. The number of hydrogen-bond donors (Lipinski definition) is 1. The Hall–Kier alpha value is -8.45. The molecule has 4 heterocycles. The summed E-state index contributed by atoms with van der Waals surface area (Å²) in [5, 5.41) is 12.1. The van der Waals surface area contributed by atoms with E-state index in [2.05, 4.69) is 261 Å². The second-order valence-corrected chi connectivity index (χ2v) is 23.3. The Balaban J connectivity index is 0.932. The van der Waals surface area contributed by atoms with Gasteiger partial charge in [0, 0.05) is 53.0 Å². The summed E-state index contributed by atoms with van der Waals surface area (Å²) < 4.78 is 9.52. The standard InChI is InChI=1S/C64H50N4OSi/c1-64(2,3)44-36-37-65-60(38-44)68-54-32-19-35-58-61(54)62-55(68)40-47(41-59(62)70(58)56-33-15-11-26-50(56)51-27-12-16-34-57(51)70)69-46-25-17-24-45(39-46)66-52-30-13-14-31-53(52)67(4)63-48(42-20-7-5-8-21-42)28-18-29-49(63)43-22-9-6-10-23-43/h5-41,66H,1-4H3. The van der Waals surface area contributed by atoms with Gasteiger partial charge in [-0.3, -0.25) is 4.57 Å². The van der Waals surface area contributed by atoms with Crippen LogP contribution in [0.2, 0.25) is 0 Å². The van der Waals surface area contributed by atoms with Crippen LogP contribution in [0.5, 0.6) is 11.5 Å². The fourth-order valence-electron chi connectivity index (χ4n) is 11.6. The highest BCUT2D eigenvalue weighted by Crippen LogP contribution is 2.45. The Labute approximate surface area is 410 Å². The number of pyridine rings is 1. The summed E-state index contributed by atoms with van der Waals surface area (Å²) in [5.41, 5.74) is 14.9. The van der Waals surface area contributed by atoms with Gasteiger partial charge >= 0.3 is 0 Å². The van der Waals surface area contributed by atoms with Gasteiger partial charge in [0.25, 0.3) is 0 Å². The third kappa shape index (κ3) is 6.40. The Morgan fingerprint density at radius 1 is 0.500 bits per heavy atom. The van der Waals surface area contributed by atoms with E-state index in [4.69, 9.17) is 9.72 Å². The Morgan fingerprint density at radius 2 is 1.09 bits per heavy atom. The number of aromatic nitrogens is 2. The number of fused-ring (bicyclic) bond motifs is 7. The first-order chi connectivity index (χ1) is 34.3. The molecule has 70 heavy (non-hydrogen) atoms. The molecule has 0 fully saturated rings. The molecule has 0 saturated carbocycles. The molecule has 0 amide bonds. The van der Waals surface area contributed by atoms with Crippen molar-refractivity contribution in [3.05, 3.63) is 230 Å². The van der Waals surface area contributed by atoms with Crippen molar-refractivity contribution in [3.63, 3.8) is 0 Å². The molecule has 9 aromatic carbocycles. The molecule has 1 spiro atoms. The van der Waals surface area contributed by atoms with Gasteiger partial charge in [-0.15, -0.1) is 0 Å². The van der Waals surface area contributed by atoms with Crippen molar-refractivity contribution in [2.45, 2.75) is 26.2 Å². The first kappa shape index (κ1) is 41.7. The van der Waals surface area contributed by atoms with E-state index in [1.54, 1.807) is 0 Å². The van der Waals surface area contributed by atoms with Crippen LogP contribution in [0, 0.1) is 0 Å². The number of anilines is 4. The van der Waals surface area contributed by atoms with Gasteiger partial charge in [-0.05, 0) is 103 Å². The maximum atomic E-state index is 7.15. The first-order valence-corrected chi connectivity index (χ1v) is 26.2. The summed E-state index contributed by atoms with van der Waals surface area (Å²) in [6.45, 7) is 6.79. The average Bonchev–Trinajstić information content (AvgIpc) is 4.01. The first-order valence-electron chi connectivity index (χ1n) is 24.2. The van der Waals surface area contributed by atoms with E-state index in [1.165, 1.54) is 64.9 Å². The molecule has 1 N–H and O–H groups in total. The minimum atomic E-state index is -2.77. The van der Waals surface area contributed by atoms with E-state index >= 15 is 0 Å². The fraction of sp³-hybridized carbons (Fsp3) is 0.0781. The van der Waals surface area contributed by atoms with Gasteiger partial charge in [0.2, 0.25) is 0 Å². The van der Waals surface area contributed by atoms with E-state index in [-0.39, 0.29) is 5.41 Å². The fourth-order valence-corrected chi connectivity index (χ4v) is 17.2. The van der Waals surface area contributed by atoms with Crippen LogP contribution >= 0.6 is 0 Å². The Morgan fingerprint density at radius 3 is 1.79 bits per heavy atom. The third-order valence-electron chi connectivity index (χ3n) is 14.6. The summed E-state index contributed by atoms with van der Waals surface area (Å²) >= 11 is 0. The lowest BCUT2D eigenvalue weighted by Crippen LogP contribution is -2.71. The molecule has 13 rings (SSSR count). The number of rotatable bonds is 9. The predicted octanol–water partition coefficient (Wildman–Crippen LogP) is 13.8. The van der Waals surface area contributed by atoms with Crippen molar-refractivity contribution in [2.75, 3.05) is 17.3 Å². The zero-order valence-corrected chi connectivity index (χ0v) is 40.6. The van der Waals surface area contributed by atoms with Crippen molar-refractivity contribution in [1.82, 2.24) is 9.55 Å². The van der Waals surface area contributed by atoms with Gasteiger partial charge in [0.15, 0.2) is 8.07 Å². The highest BCUT2D eigenvalue weighted by molar-refractivity contribution is 7.25. The molecule has 336 valence electrons. The molecule has 0 saturated heterocycles. The molecule has 0 aliphatic carbocycles. The molecule has 11 aromatic rings. The number of ether oxygens (including phenoxy) is 1. The second kappa shape index (κ2) is 16.1. The van der Waals surface area contributed by atoms with E-state index in [0.717, 1.165) is 56.7 Å². The quantitative estimate of drug-likeness (QED) is 0.147. The van der Waals surface area contributed by atoms with Gasteiger partial charge in [-0.25, -0.2) is 4.98 Å². The van der Waals surface area contributed by atoms with Crippen LogP contribution in [0.15, 0.2) is 225 Å². The van der Waals surface area contributed by atoms with E-state index in [9.17, 15) is 0 Å². The van der Waals surface area contributed by atoms with Crippen molar-refractivity contribution < 1.29 is 4.74 Å². The lowest BCUT2D eigenvalue weighted by Gasteiger charge is -2.29. The number of nitrogens with zero attached hydrogens (tertiary/aromatic N) is 3. The number of benzene rings is 9. The smallest absolute Gasteiger partial charge is 0.182 e. The SMILES string of the molecule is CN(c1ccccc1Nc1cccc(Oc2cc3c4c5c(cccc5n(-c5cc(C(C)(C)C)ccn5)c4c2)[Si]32c3ccccc3-c3ccccc32)c1)c1c(-c2ccccc2)cccc1-c1ccccc1. The molecule has 2 aliphatic rings. The molecule has 0 unspecified atom stereocenters. The van der Waals surface area contributed by atoms with Crippen LogP contribution in [0.3, 0.4) is 0 Å². The monoisotopic (exact) mass is 918 g/mol. The van der Waals surface area contributed by atoms with Crippen molar-refractivity contribution in [2.24, 2.45) is 0 Å². The summed E-state index contributed by atoms with van der Waals surface area (Å²) in [6.07, 6.45) is 1.96. The molecule has 5 nitrogen and oxygen atoms in total. The van der Waals surface area contributed by atoms with Crippen molar-refractivity contribution in [3.8, 4) is 50.7 Å². The highest BCUT2D eigenvalue weighted by Gasteiger charge is 2.54. The normalized spacial score (nSPS) is 13.0. The van der Waals surface area contributed by atoms with E-state index in [1.807, 2.05) is 6.20 Å². The highest BCUT2D eigenvalue weighted by atomic mass is 28.3. The van der Waals surface area contributed by atoms with Gasteiger partial charge < -0.3 is 15.0 Å². The van der Waals surface area contributed by atoms with Crippen LogP contribution in [-0.4, -0.2) is 24.7 Å². The number of para-hydroxylation sites is 3. The van der Waals surface area contributed by atoms with E-state index in [0.29, 0.717) is 0 Å².